The lowest BCUT2D eigenvalue weighted by atomic mass is 10.2. The molecule has 1 aliphatic carbocycles. The lowest BCUT2D eigenvalue weighted by molar-refractivity contribution is 0.118. The molecule has 5 nitrogen and oxygen atoms in total. The molecule has 118 valence electrons. The van der Waals surface area contributed by atoms with E-state index in [9.17, 15) is 8.42 Å². The van der Waals surface area contributed by atoms with Crippen molar-refractivity contribution in [2.45, 2.75) is 37.6 Å². The van der Waals surface area contributed by atoms with E-state index in [4.69, 9.17) is 4.74 Å². The maximum Gasteiger partial charge on any atom is 0.240 e. The average molecular weight is 312 g/mol. The van der Waals surface area contributed by atoms with Gasteiger partial charge in [-0.3, -0.25) is 0 Å². The van der Waals surface area contributed by atoms with Crippen LogP contribution in [-0.4, -0.2) is 34.2 Å². The highest BCUT2D eigenvalue weighted by molar-refractivity contribution is 7.89. The molecule has 2 rings (SSSR count). The van der Waals surface area contributed by atoms with E-state index in [1.807, 2.05) is 0 Å². The molecule has 0 saturated heterocycles. The first kappa shape index (κ1) is 16.3. The van der Waals surface area contributed by atoms with E-state index in [2.05, 4.69) is 23.9 Å². The van der Waals surface area contributed by atoms with Crippen molar-refractivity contribution in [2.24, 2.45) is 5.92 Å². The number of rotatable bonds is 9. The van der Waals surface area contributed by atoms with Gasteiger partial charge >= 0.3 is 0 Å². The summed E-state index contributed by atoms with van der Waals surface area (Å²) in [6, 6.07) is 6.95. The predicted molar refractivity (Wildman–Crippen MR) is 83.9 cm³/mol. The largest absolute Gasteiger partial charge is 0.383 e. The number of hydrogen-bond acceptors (Lipinski definition) is 4. The smallest absolute Gasteiger partial charge is 0.240 e. The number of hydrogen-bond donors (Lipinski definition) is 2. The molecule has 0 aliphatic heterocycles. The van der Waals surface area contributed by atoms with Gasteiger partial charge in [-0.1, -0.05) is 13.8 Å². The molecule has 6 heteroatoms. The second-order valence-electron chi connectivity index (χ2n) is 5.82. The maximum atomic E-state index is 12.0. The molecular formula is C15H24N2O3S. The number of sulfonamides is 1. The van der Waals surface area contributed by atoms with E-state index in [-0.39, 0.29) is 6.04 Å². The fraction of sp³-hybridized carbons (Fsp3) is 0.600. The fourth-order valence-electron chi connectivity index (χ4n) is 1.83. The molecule has 1 aliphatic rings. The Morgan fingerprint density at radius 3 is 2.48 bits per heavy atom. The minimum Gasteiger partial charge on any atom is -0.383 e. The zero-order valence-corrected chi connectivity index (χ0v) is 13.4. The molecule has 0 heterocycles. The minimum atomic E-state index is -3.35. The molecule has 0 spiro atoms. The minimum absolute atomic E-state index is 0.130. The monoisotopic (exact) mass is 312 g/mol. The van der Waals surface area contributed by atoms with Crippen molar-refractivity contribution in [3.8, 4) is 0 Å². The van der Waals surface area contributed by atoms with Crippen LogP contribution in [0.25, 0.3) is 0 Å². The summed E-state index contributed by atoms with van der Waals surface area (Å²) in [5.41, 5.74) is 0.897. The van der Waals surface area contributed by atoms with Crippen molar-refractivity contribution in [1.82, 2.24) is 4.72 Å². The zero-order chi connectivity index (χ0) is 15.3. The van der Waals surface area contributed by atoms with E-state index in [1.165, 1.54) is 0 Å². The first-order valence-electron chi connectivity index (χ1n) is 7.41. The summed E-state index contributed by atoms with van der Waals surface area (Å²) < 4.78 is 32.2. The van der Waals surface area contributed by atoms with Gasteiger partial charge in [0.2, 0.25) is 10.0 Å². The predicted octanol–water partition coefficient (Wildman–Crippen LogP) is 2.21. The van der Waals surface area contributed by atoms with Crippen molar-refractivity contribution in [3.05, 3.63) is 24.3 Å². The number of benzene rings is 1. The van der Waals surface area contributed by atoms with Crippen molar-refractivity contribution < 1.29 is 13.2 Å². The SMILES string of the molecule is CC(C)COCCNc1ccc(S(=O)(=O)NC2CC2)cc1. The third-order valence-electron chi connectivity index (χ3n) is 3.09. The summed E-state index contributed by atoms with van der Waals surface area (Å²) in [5, 5.41) is 3.21. The summed E-state index contributed by atoms with van der Waals surface area (Å²) in [6.07, 6.45) is 1.88. The van der Waals surface area contributed by atoms with Gasteiger partial charge in [0.05, 0.1) is 11.5 Å². The van der Waals surface area contributed by atoms with E-state index in [1.54, 1.807) is 24.3 Å². The Morgan fingerprint density at radius 2 is 1.90 bits per heavy atom. The number of anilines is 1. The Balaban J connectivity index is 1.78. The van der Waals surface area contributed by atoms with Crippen LogP contribution in [0.5, 0.6) is 0 Å². The zero-order valence-electron chi connectivity index (χ0n) is 12.6. The highest BCUT2D eigenvalue weighted by Crippen LogP contribution is 2.22. The fourth-order valence-corrected chi connectivity index (χ4v) is 3.13. The van der Waals surface area contributed by atoms with Crippen LogP contribution in [0, 0.1) is 5.92 Å². The molecule has 2 N–H and O–H groups in total. The van der Waals surface area contributed by atoms with Crippen LogP contribution in [0.15, 0.2) is 29.2 Å². The van der Waals surface area contributed by atoms with E-state index in [0.29, 0.717) is 24.0 Å². The standard InChI is InChI=1S/C15H24N2O3S/c1-12(2)11-20-10-9-16-13-5-7-15(8-6-13)21(18,19)17-14-3-4-14/h5-8,12,14,16-17H,3-4,9-11H2,1-2H3. The van der Waals surface area contributed by atoms with Gasteiger partial charge in [-0.2, -0.15) is 0 Å². The molecule has 0 unspecified atom stereocenters. The highest BCUT2D eigenvalue weighted by atomic mass is 32.2. The third-order valence-corrected chi connectivity index (χ3v) is 4.63. The maximum absolute atomic E-state index is 12.0. The average Bonchev–Trinajstić information content (AvgIpc) is 3.22. The normalized spacial score (nSPS) is 15.4. The summed E-state index contributed by atoms with van der Waals surface area (Å²) in [7, 11) is -3.35. The molecule has 0 bridgehead atoms. The first-order valence-corrected chi connectivity index (χ1v) is 8.90. The number of nitrogens with one attached hydrogen (secondary N) is 2. The van der Waals surface area contributed by atoms with Gasteiger partial charge < -0.3 is 10.1 Å². The van der Waals surface area contributed by atoms with Crippen LogP contribution in [-0.2, 0) is 14.8 Å². The van der Waals surface area contributed by atoms with Crippen LogP contribution in [0.1, 0.15) is 26.7 Å². The Morgan fingerprint density at radius 1 is 1.24 bits per heavy atom. The van der Waals surface area contributed by atoms with Crippen LogP contribution in [0.3, 0.4) is 0 Å². The lowest BCUT2D eigenvalue weighted by Crippen LogP contribution is -2.25. The molecule has 21 heavy (non-hydrogen) atoms. The molecular weight excluding hydrogens is 288 g/mol. The van der Waals surface area contributed by atoms with Gasteiger partial charge in [0.1, 0.15) is 0 Å². The topological polar surface area (TPSA) is 67.4 Å². The molecule has 0 radical (unpaired) electrons. The Hall–Kier alpha value is -1.11. The van der Waals surface area contributed by atoms with Crippen molar-refractivity contribution in [2.75, 3.05) is 25.1 Å². The van der Waals surface area contributed by atoms with Gasteiger partial charge in [0.25, 0.3) is 0 Å². The molecule has 0 aromatic heterocycles. The third kappa shape index (κ3) is 5.65. The molecule has 1 saturated carbocycles. The highest BCUT2D eigenvalue weighted by Gasteiger charge is 2.27. The molecule has 0 amide bonds. The quantitative estimate of drug-likeness (QED) is 0.686. The van der Waals surface area contributed by atoms with Crippen LogP contribution in [0.2, 0.25) is 0 Å². The van der Waals surface area contributed by atoms with Gasteiger partial charge in [0.15, 0.2) is 0 Å². The van der Waals surface area contributed by atoms with Crippen LogP contribution >= 0.6 is 0 Å². The molecule has 1 aromatic carbocycles. The Kier molecular flexibility index (Phi) is 5.61. The second kappa shape index (κ2) is 7.24. The van der Waals surface area contributed by atoms with Gasteiger partial charge in [-0.25, -0.2) is 13.1 Å². The number of ether oxygens (including phenoxy) is 1. The van der Waals surface area contributed by atoms with E-state index in [0.717, 1.165) is 25.1 Å². The molecule has 1 fully saturated rings. The Labute approximate surface area is 127 Å². The second-order valence-corrected chi connectivity index (χ2v) is 7.53. The lowest BCUT2D eigenvalue weighted by Gasteiger charge is -2.10. The van der Waals surface area contributed by atoms with Gasteiger partial charge in [0, 0.05) is 24.9 Å². The molecule has 0 atom stereocenters. The Bertz CT molecular complexity index is 537. The van der Waals surface area contributed by atoms with Crippen molar-refractivity contribution in [1.29, 1.82) is 0 Å². The summed E-state index contributed by atoms with van der Waals surface area (Å²) in [6.45, 7) is 6.33. The first-order chi connectivity index (χ1) is 9.97. The summed E-state index contributed by atoms with van der Waals surface area (Å²) in [5.74, 6) is 0.536. The molecule has 1 aromatic rings. The van der Waals surface area contributed by atoms with Gasteiger partial charge in [-0.15, -0.1) is 0 Å². The summed E-state index contributed by atoms with van der Waals surface area (Å²) >= 11 is 0. The van der Waals surface area contributed by atoms with Gasteiger partial charge in [-0.05, 0) is 43.0 Å². The van der Waals surface area contributed by atoms with Crippen molar-refractivity contribution >= 4 is 15.7 Å². The van der Waals surface area contributed by atoms with Crippen LogP contribution < -0.4 is 10.0 Å². The van der Waals surface area contributed by atoms with E-state index < -0.39 is 10.0 Å². The van der Waals surface area contributed by atoms with Crippen molar-refractivity contribution in [3.63, 3.8) is 0 Å². The van der Waals surface area contributed by atoms with Crippen LogP contribution in [0.4, 0.5) is 5.69 Å². The van der Waals surface area contributed by atoms with E-state index >= 15 is 0 Å². The summed E-state index contributed by atoms with van der Waals surface area (Å²) in [4.78, 5) is 0.316.